The fraction of sp³-hybridized carbons (Fsp3) is 0.667. The third kappa shape index (κ3) is 13.7. The molecule has 0 heterocycles. The fourth-order valence-corrected chi connectivity index (χ4v) is 0.496. The Morgan fingerprint density at radius 3 is 1.93 bits per heavy atom. The van der Waals surface area contributed by atoms with Crippen molar-refractivity contribution in [3.63, 3.8) is 0 Å². The summed E-state index contributed by atoms with van der Waals surface area (Å²) >= 11 is 0. The van der Waals surface area contributed by atoms with E-state index in [4.69, 9.17) is 21.7 Å². The van der Waals surface area contributed by atoms with Crippen molar-refractivity contribution in [3.8, 4) is 0 Å². The molecule has 2 atom stereocenters. The second-order valence-electron chi connectivity index (χ2n) is 3.16. The SMILES string of the molecule is CC(C)=CC(N)CN.CC(O)C(=O)O. The molecular weight excluding hydrogens is 184 g/mol. The number of aliphatic hydroxyl groups is 1. The number of aliphatic hydroxyl groups excluding tert-OH is 1. The molecule has 0 rings (SSSR count). The number of allylic oxidation sites excluding steroid dienone is 1. The van der Waals surface area contributed by atoms with Crippen LogP contribution in [-0.2, 0) is 4.79 Å². The van der Waals surface area contributed by atoms with Gasteiger partial charge in [-0.1, -0.05) is 11.6 Å². The average molecular weight is 204 g/mol. The van der Waals surface area contributed by atoms with Crippen LogP contribution in [0.2, 0.25) is 0 Å². The molecule has 0 spiro atoms. The van der Waals surface area contributed by atoms with Gasteiger partial charge in [0.25, 0.3) is 0 Å². The van der Waals surface area contributed by atoms with Crippen LogP contribution in [0.25, 0.3) is 0 Å². The van der Waals surface area contributed by atoms with Gasteiger partial charge in [0.1, 0.15) is 6.10 Å². The minimum atomic E-state index is -1.23. The van der Waals surface area contributed by atoms with E-state index in [-0.39, 0.29) is 6.04 Å². The quantitative estimate of drug-likeness (QED) is 0.471. The van der Waals surface area contributed by atoms with Crippen LogP contribution < -0.4 is 11.5 Å². The molecule has 14 heavy (non-hydrogen) atoms. The molecule has 6 N–H and O–H groups in total. The predicted octanol–water partition coefficient (Wildman–Crippen LogP) is -0.310. The van der Waals surface area contributed by atoms with E-state index in [1.807, 2.05) is 19.9 Å². The van der Waals surface area contributed by atoms with Crippen molar-refractivity contribution in [1.29, 1.82) is 0 Å². The highest BCUT2D eigenvalue weighted by molar-refractivity contribution is 5.71. The summed E-state index contributed by atoms with van der Waals surface area (Å²) in [7, 11) is 0. The number of hydrogen-bond donors (Lipinski definition) is 4. The average Bonchev–Trinajstić information content (AvgIpc) is 2.04. The maximum atomic E-state index is 9.45. The molecule has 0 bridgehead atoms. The van der Waals surface area contributed by atoms with Gasteiger partial charge in [0.05, 0.1) is 0 Å². The van der Waals surface area contributed by atoms with Gasteiger partial charge in [-0.05, 0) is 20.8 Å². The molecule has 0 aromatic rings. The number of carboxylic acid groups (broad SMARTS) is 1. The molecular formula is C9H20N2O3. The molecule has 84 valence electrons. The van der Waals surface area contributed by atoms with Gasteiger partial charge < -0.3 is 21.7 Å². The van der Waals surface area contributed by atoms with Crippen molar-refractivity contribution in [2.24, 2.45) is 11.5 Å². The van der Waals surface area contributed by atoms with Crippen LogP contribution in [0.5, 0.6) is 0 Å². The number of nitrogens with two attached hydrogens (primary N) is 2. The summed E-state index contributed by atoms with van der Waals surface area (Å²) < 4.78 is 0. The van der Waals surface area contributed by atoms with E-state index in [9.17, 15) is 4.79 Å². The first-order chi connectivity index (χ1) is 6.31. The summed E-state index contributed by atoms with van der Waals surface area (Å²) in [5.41, 5.74) is 11.9. The second kappa shape index (κ2) is 8.68. The lowest BCUT2D eigenvalue weighted by atomic mass is 10.2. The Hall–Kier alpha value is -0.910. The number of carboxylic acids is 1. The van der Waals surface area contributed by atoms with Crippen molar-refractivity contribution in [3.05, 3.63) is 11.6 Å². The van der Waals surface area contributed by atoms with Gasteiger partial charge in [-0.3, -0.25) is 0 Å². The Balaban J connectivity index is 0. The smallest absolute Gasteiger partial charge is 0.332 e. The van der Waals surface area contributed by atoms with E-state index in [0.29, 0.717) is 6.54 Å². The summed E-state index contributed by atoms with van der Waals surface area (Å²) in [6.45, 7) is 5.75. The Labute approximate surface area is 84.4 Å². The standard InChI is InChI=1S/C6H14N2.C3H6O3/c1-5(2)3-6(8)4-7;1-2(4)3(5)6/h3,6H,4,7-8H2,1-2H3;2,4H,1H3,(H,5,6). The summed E-state index contributed by atoms with van der Waals surface area (Å²) in [6.07, 6.45) is 0.727. The number of carbonyl (C=O) groups is 1. The highest BCUT2D eigenvalue weighted by Gasteiger charge is 2.01. The van der Waals surface area contributed by atoms with Gasteiger partial charge in [0.15, 0.2) is 0 Å². The first-order valence-electron chi connectivity index (χ1n) is 4.32. The van der Waals surface area contributed by atoms with E-state index < -0.39 is 12.1 Å². The van der Waals surface area contributed by atoms with E-state index in [1.165, 1.54) is 12.5 Å². The first-order valence-corrected chi connectivity index (χ1v) is 4.32. The van der Waals surface area contributed by atoms with E-state index in [0.717, 1.165) is 0 Å². The van der Waals surface area contributed by atoms with Gasteiger partial charge in [-0.15, -0.1) is 0 Å². The largest absolute Gasteiger partial charge is 0.479 e. The monoisotopic (exact) mass is 204 g/mol. The van der Waals surface area contributed by atoms with E-state index in [2.05, 4.69) is 0 Å². The van der Waals surface area contributed by atoms with Gasteiger partial charge in [-0.25, -0.2) is 4.79 Å². The molecule has 0 saturated carbocycles. The van der Waals surface area contributed by atoms with Crippen LogP contribution in [-0.4, -0.2) is 34.9 Å². The molecule has 0 radical (unpaired) electrons. The number of hydrogen-bond acceptors (Lipinski definition) is 4. The van der Waals surface area contributed by atoms with Crippen LogP contribution in [0.4, 0.5) is 0 Å². The highest BCUT2D eigenvalue weighted by Crippen LogP contribution is 1.89. The van der Waals surface area contributed by atoms with Gasteiger partial charge in [-0.2, -0.15) is 0 Å². The predicted molar refractivity (Wildman–Crippen MR) is 55.8 cm³/mol. The van der Waals surface area contributed by atoms with Crippen LogP contribution in [0.15, 0.2) is 11.6 Å². The Morgan fingerprint density at radius 1 is 1.50 bits per heavy atom. The molecule has 0 fully saturated rings. The van der Waals surface area contributed by atoms with Crippen molar-refractivity contribution in [2.75, 3.05) is 6.54 Å². The van der Waals surface area contributed by atoms with Crippen molar-refractivity contribution >= 4 is 5.97 Å². The van der Waals surface area contributed by atoms with Crippen LogP contribution >= 0.6 is 0 Å². The van der Waals surface area contributed by atoms with Gasteiger partial charge in [0.2, 0.25) is 0 Å². The zero-order valence-electron chi connectivity index (χ0n) is 8.90. The molecule has 0 aliphatic heterocycles. The summed E-state index contributed by atoms with van der Waals surface area (Å²) in [5, 5.41) is 15.8. The molecule has 0 aromatic heterocycles. The summed E-state index contributed by atoms with van der Waals surface area (Å²) in [6, 6.07) is 0.0417. The second-order valence-corrected chi connectivity index (χ2v) is 3.16. The lowest BCUT2D eigenvalue weighted by Gasteiger charge is -2.00. The maximum Gasteiger partial charge on any atom is 0.332 e. The fourth-order valence-electron chi connectivity index (χ4n) is 0.496. The molecule has 2 unspecified atom stereocenters. The Bertz CT molecular complexity index is 186. The van der Waals surface area contributed by atoms with Gasteiger partial charge >= 0.3 is 5.97 Å². The lowest BCUT2D eigenvalue weighted by Crippen LogP contribution is -2.27. The first kappa shape index (κ1) is 15.6. The van der Waals surface area contributed by atoms with E-state index >= 15 is 0 Å². The lowest BCUT2D eigenvalue weighted by molar-refractivity contribution is -0.145. The molecule has 5 heteroatoms. The minimum absolute atomic E-state index is 0.0417. The Morgan fingerprint density at radius 2 is 1.86 bits per heavy atom. The third-order valence-corrected chi connectivity index (χ3v) is 1.18. The summed E-state index contributed by atoms with van der Waals surface area (Å²) in [5.74, 6) is -1.19. The van der Waals surface area contributed by atoms with Crippen LogP contribution in [0.1, 0.15) is 20.8 Å². The van der Waals surface area contributed by atoms with Crippen LogP contribution in [0, 0.1) is 0 Å². The molecule has 5 nitrogen and oxygen atoms in total. The molecule has 0 aliphatic rings. The molecule has 0 aliphatic carbocycles. The topological polar surface area (TPSA) is 110 Å². The highest BCUT2D eigenvalue weighted by atomic mass is 16.4. The van der Waals surface area contributed by atoms with E-state index in [1.54, 1.807) is 0 Å². The van der Waals surface area contributed by atoms with Crippen molar-refractivity contribution in [1.82, 2.24) is 0 Å². The normalized spacial score (nSPS) is 13.3. The molecule has 0 amide bonds. The maximum absolute atomic E-state index is 9.45. The molecule has 0 aromatic carbocycles. The van der Waals surface area contributed by atoms with Crippen LogP contribution in [0.3, 0.4) is 0 Å². The zero-order chi connectivity index (χ0) is 11.7. The van der Waals surface area contributed by atoms with Gasteiger partial charge in [0, 0.05) is 12.6 Å². The molecule has 0 saturated heterocycles. The zero-order valence-corrected chi connectivity index (χ0v) is 8.90. The minimum Gasteiger partial charge on any atom is -0.479 e. The third-order valence-electron chi connectivity index (χ3n) is 1.18. The van der Waals surface area contributed by atoms with Crippen molar-refractivity contribution < 1.29 is 15.0 Å². The summed E-state index contributed by atoms with van der Waals surface area (Å²) in [4.78, 5) is 9.45. The van der Waals surface area contributed by atoms with Crippen molar-refractivity contribution in [2.45, 2.75) is 32.9 Å². The Kier molecular flexibility index (Phi) is 9.64. The number of rotatable bonds is 3. The number of aliphatic carboxylic acids is 1.